The van der Waals surface area contributed by atoms with Crippen LogP contribution in [0, 0.1) is 0 Å². The van der Waals surface area contributed by atoms with Crippen LogP contribution in [0.2, 0.25) is 0 Å². The summed E-state index contributed by atoms with van der Waals surface area (Å²) in [5, 5.41) is 4.95. The Morgan fingerprint density at radius 2 is 1.02 bits per heavy atom. The van der Waals surface area contributed by atoms with Gasteiger partial charge in [-0.05, 0) is 91.2 Å². The van der Waals surface area contributed by atoms with Crippen molar-refractivity contribution in [3.63, 3.8) is 0 Å². The molecule has 0 radical (unpaired) electrons. The molecule has 0 unspecified atom stereocenters. The molecule has 0 spiro atoms. The van der Waals surface area contributed by atoms with Gasteiger partial charge in [0.15, 0.2) is 0 Å². The van der Waals surface area contributed by atoms with Gasteiger partial charge in [-0.2, -0.15) is 0 Å². The normalized spacial score (nSPS) is 12.7. The molecule has 11 aromatic rings. The first-order chi connectivity index (χ1) is 30.3. The van der Waals surface area contributed by atoms with Crippen LogP contribution in [0.3, 0.4) is 0 Å². The highest BCUT2D eigenvalue weighted by atomic mass is 32.1. The Morgan fingerprint density at radius 1 is 0.410 bits per heavy atom. The van der Waals surface area contributed by atoms with E-state index in [1.54, 1.807) is 0 Å². The van der Waals surface area contributed by atoms with Crippen molar-refractivity contribution in [1.82, 2.24) is 4.98 Å². The van der Waals surface area contributed by atoms with E-state index in [4.69, 9.17) is 4.98 Å². The van der Waals surface area contributed by atoms with Crippen LogP contribution in [0.4, 0.5) is 17.2 Å². The van der Waals surface area contributed by atoms with Gasteiger partial charge in [0.2, 0.25) is 0 Å². The van der Waals surface area contributed by atoms with E-state index >= 15 is 0 Å². The quantitative estimate of drug-likeness (QED) is 0.160. The average molecular weight is 795 g/mol. The minimum atomic E-state index is -0.532. The number of benzene rings is 9. The molecule has 2 nitrogen and oxygen atoms in total. The Balaban J connectivity index is 1.16. The fourth-order valence-electron chi connectivity index (χ4n) is 9.85. The minimum absolute atomic E-state index is 0.532. The molecule has 3 heteroatoms. The lowest BCUT2D eigenvalue weighted by Gasteiger charge is -2.35. The number of nitrogens with zero attached hydrogens (tertiary/aromatic N) is 2. The van der Waals surface area contributed by atoms with E-state index in [2.05, 4.69) is 236 Å². The van der Waals surface area contributed by atoms with Gasteiger partial charge in [-0.15, -0.1) is 11.3 Å². The standard InChI is InChI=1S/C58H38N2S/c1-5-17-39(18-6-1)40-29-32-45(33-30-40)60(56-37-55-51(38-59-56)48-34-31-42-21-13-14-26-46(42)57(48)61-55)54-36-50-47-27-15-16-28-52(47)58(43-22-9-3-10-23-43,44-24-11-4-12-25-44)53(50)35-49(54)41-19-7-2-8-20-41/h1-38H. The Kier molecular flexibility index (Phi) is 8.29. The van der Waals surface area contributed by atoms with Crippen LogP contribution in [-0.4, -0.2) is 4.98 Å². The molecule has 2 aromatic heterocycles. The maximum absolute atomic E-state index is 5.37. The average Bonchev–Trinajstić information content (AvgIpc) is 3.86. The molecule has 0 saturated heterocycles. The Hall–Kier alpha value is -7.59. The number of hydrogen-bond donors (Lipinski definition) is 0. The SMILES string of the molecule is c1ccc(-c2ccc(N(c3cc4sc5c6ccccc6ccc5c4cn3)c3cc4c(cc3-c3ccccc3)C(c3ccccc3)(c3ccccc3)c3ccccc3-4)cc2)cc1. The Morgan fingerprint density at radius 3 is 1.74 bits per heavy atom. The van der Waals surface area contributed by atoms with Gasteiger partial charge < -0.3 is 0 Å². The summed E-state index contributed by atoms with van der Waals surface area (Å²) in [5.74, 6) is 0.872. The largest absolute Gasteiger partial charge is 0.294 e. The van der Waals surface area contributed by atoms with E-state index in [1.807, 2.05) is 11.3 Å². The lowest BCUT2D eigenvalue weighted by molar-refractivity contribution is 0.769. The second kappa shape index (κ2) is 14.3. The first-order valence-corrected chi connectivity index (χ1v) is 21.7. The first-order valence-electron chi connectivity index (χ1n) is 20.9. The zero-order valence-electron chi connectivity index (χ0n) is 33.2. The molecule has 0 atom stereocenters. The zero-order chi connectivity index (χ0) is 40.3. The number of aromatic nitrogens is 1. The molecule has 1 aliphatic carbocycles. The van der Waals surface area contributed by atoms with E-state index in [0.29, 0.717) is 0 Å². The number of anilines is 3. The van der Waals surface area contributed by atoms with Crippen LogP contribution in [0.15, 0.2) is 231 Å². The van der Waals surface area contributed by atoms with Gasteiger partial charge in [-0.25, -0.2) is 4.98 Å². The third kappa shape index (κ3) is 5.59. The lowest BCUT2D eigenvalue weighted by Crippen LogP contribution is -2.28. The van der Waals surface area contributed by atoms with Gasteiger partial charge in [0, 0.05) is 37.6 Å². The van der Waals surface area contributed by atoms with Crippen LogP contribution < -0.4 is 4.90 Å². The molecular formula is C58H38N2S. The Bertz CT molecular complexity index is 3350. The van der Waals surface area contributed by atoms with E-state index in [1.165, 1.54) is 75.5 Å². The van der Waals surface area contributed by atoms with E-state index in [9.17, 15) is 0 Å². The monoisotopic (exact) mass is 794 g/mol. The molecule has 61 heavy (non-hydrogen) atoms. The predicted molar refractivity (Wildman–Crippen MR) is 257 cm³/mol. The summed E-state index contributed by atoms with van der Waals surface area (Å²) in [7, 11) is 0. The van der Waals surface area contributed by atoms with Crippen LogP contribution in [0.25, 0.3) is 64.3 Å². The molecule has 0 saturated carbocycles. The van der Waals surface area contributed by atoms with Crippen LogP contribution in [-0.2, 0) is 5.41 Å². The summed E-state index contributed by atoms with van der Waals surface area (Å²) < 4.78 is 2.50. The molecule has 0 bridgehead atoms. The third-order valence-electron chi connectivity index (χ3n) is 12.6. The highest BCUT2D eigenvalue weighted by Gasteiger charge is 2.46. The number of pyridine rings is 1. The van der Waals surface area contributed by atoms with Gasteiger partial charge in [-0.1, -0.05) is 194 Å². The smallest absolute Gasteiger partial charge is 0.138 e. The zero-order valence-corrected chi connectivity index (χ0v) is 34.1. The molecule has 0 aliphatic heterocycles. The molecule has 0 fully saturated rings. The van der Waals surface area contributed by atoms with Crippen molar-refractivity contribution in [2.24, 2.45) is 0 Å². The number of hydrogen-bond acceptors (Lipinski definition) is 3. The molecule has 1 aliphatic rings. The minimum Gasteiger partial charge on any atom is -0.294 e. The highest BCUT2D eigenvalue weighted by Crippen LogP contribution is 2.59. The van der Waals surface area contributed by atoms with Crippen molar-refractivity contribution in [2.75, 3.05) is 4.90 Å². The second-order valence-corrected chi connectivity index (χ2v) is 16.9. The topological polar surface area (TPSA) is 16.1 Å². The van der Waals surface area contributed by atoms with E-state index in [-0.39, 0.29) is 0 Å². The lowest BCUT2D eigenvalue weighted by atomic mass is 9.67. The molecule has 2 heterocycles. The van der Waals surface area contributed by atoms with Crippen molar-refractivity contribution >= 4 is 59.5 Å². The number of thiophene rings is 1. The van der Waals surface area contributed by atoms with Crippen molar-refractivity contribution in [3.8, 4) is 33.4 Å². The van der Waals surface area contributed by atoms with Crippen molar-refractivity contribution in [2.45, 2.75) is 5.41 Å². The second-order valence-electron chi connectivity index (χ2n) is 15.9. The fraction of sp³-hybridized carbons (Fsp3) is 0.0172. The van der Waals surface area contributed by atoms with E-state index < -0.39 is 5.41 Å². The van der Waals surface area contributed by atoms with Crippen molar-refractivity contribution < 1.29 is 0 Å². The maximum Gasteiger partial charge on any atom is 0.138 e. The van der Waals surface area contributed by atoms with Crippen molar-refractivity contribution in [3.05, 3.63) is 253 Å². The molecule has 286 valence electrons. The van der Waals surface area contributed by atoms with Gasteiger partial charge >= 0.3 is 0 Å². The van der Waals surface area contributed by atoms with E-state index in [0.717, 1.165) is 28.3 Å². The van der Waals surface area contributed by atoms with Gasteiger partial charge in [0.1, 0.15) is 5.82 Å². The molecule has 0 N–H and O–H groups in total. The summed E-state index contributed by atoms with van der Waals surface area (Å²) >= 11 is 1.85. The van der Waals surface area contributed by atoms with Crippen LogP contribution in [0.5, 0.6) is 0 Å². The molecular weight excluding hydrogens is 757 g/mol. The first kappa shape index (κ1) is 35.4. The number of rotatable bonds is 7. The summed E-state index contributed by atoms with van der Waals surface area (Å²) in [6.07, 6.45) is 2.09. The highest BCUT2D eigenvalue weighted by molar-refractivity contribution is 7.26. The molecule has 12 rings (SSSR count). The summed E-state index contributed by atoms with van der Waals surface area (Å²) in [5.41, 5.74) is 13.7. The molecule has 0 amide bonds. The Labute approximate surface area is 359 Å². The van der Waals surface area contributed by atoms with Crippen LogP contribution in [0.1, 0.15) is 22.3 Å². The van der Waals surface area contributed by atoms with Gasteiger partial charge in [0.05, 0.1) is 11.1 Å². The molecule has 9 aromatic carbocycles. The summed E-state index contributed by atoms with van der Waals surface area (Å²) in [4.78, 5) is 7.75. The fourth-order valence-corrected chi connectivity index (χ4v) is 11.1. The maximum atomic E-state index is 5.37. The third-order valence-corrected chi connectivity index (χ3v) is 13.8. The van der Waals surface area contributed by atoms with Crippen LogP contribution >= 0.6 is 11.3 Å². The summed E-state index contributed by atoms with van der Waals surface area (Å²) in [6, 6.07) is 82.0. The number of fused-ring (bicyclic) bond motifs is 8. The van der Waals surface area contributed by atoms with Gasteiger partial charge in [-0.3, -0.25) is 4.90 Å². The van der Waals surface area contributed by atoms with Gasteiger partial charge in [0.25, 0.3) is 0 Å². The predicted octanol–water partition coefficient (Wildman–Crippen LogP) is 15.8. The summed E-state index contributed by atoms with van der Waals surface area (Å²) in [6.45, 7) is 0. The van der Waals surface area contributed by atoms with Crippen molar-refractivity contribution in [1.29, 1.82) is 0 Å².